The van der Waals surface area contributed by atoms with Crippen molar-refractivity contribution in [2.75, 3.05) is 0 Å². The van der Waals surface area contributed by atoms with Gasteiger partial charge in [0, 0.05) is 27.1 Å². The number of hydrogen-bond donors (Lipinski definition) is 0. The van der Waals surface area contributed by atoms with E-state index in [1.165, 1.54) is 38.1 Å². The van der Waals surface area contributed by atoms with E-state index < -0.39 is 0 Å². The van der Waals surface area contributed by atoms with Gasteiger partial charge in [-0.3, -0.25) is 4.98 Å². The van der Waals surface area contributed by atoms with Gasteiger partial charge in [0.2, 0.25) is 0 Å². The van der Waals surface area contributed by atoms with Crippen molar-refractivity contribution in [2.45, 2.75) is 6.92 Å². The lowest BCUT2D eigenvalue weighted by Gasteiger charge is -2.15. The lowest BCUT2D eigenvalue weighted by atomic mass is 9.99. The average molecular weight is 486 g/mol. The Bertz CT molecular complexity index is 2170. The van der Waals surface area contributed by atoms with E-state index in [9.17, 15) is 0 Å². The third-order valence-electron chi connectivity index (χ3n) is 7.68. The Morgan fingerprint density at radius 3 is 1.92 bits per heavy atom. The molecule has 8 aromatic rings. The van der Waals surface area contributed by atoms with E-state index in [0.717, 1.165) is 38.8 Å². The molecule has 0 bridgehead atoms. The van der Waals surface area contributed by atoms with Crippen molar-refractivity contribution < 1.29 is 0 Å². The molecule has 3 nitrogen and oxygen atoms in total. The lowest BCUT2D eigenvalue weighted by Crippen LogP contribution is -1.99. The zero-order valence-electron chi connectivity index (χ0n) is 20.9. The van der Waals surface area contributed by atoms with E-state index >= 15 is 0 Å². The zero-order valence-corrected chi connectivity index (χ0v) is 20.9. The van der Waals surface area contributed by atoms with Gasteiger partial charge in [-0.25, -0.2) is 4.98 Å². The number of hydrogen-bond acceptors (Lipinski definition) is 2. The number of para-hydroxylation sites is 2. The molecule has 0 aliphatic carbocycles. The molecule has 38 heavy (non-hydrogen) atoms. The van der Waals surface area contributed by atoms with Crippen LogP contribution in [0.1, 0.15) is 5.56 Å². The molecule has 6 aromatic carbocycles. The normalized spacial score (nSPS) is 11.8. The van der Waals surface area contributed by atoms with Gasteiger partial charge in [-0.05, 0) is 42.0 Å². The molecule has 0 fully saturated rings. The molecule has 0 unspecified atom stereocenters. The minimum absolute atomic E-state index is 0.867. The van der Waals surface area contributed by atoms with Gasteiger partial charge in [0.05, 0.1) is 39.6 Å². The highest BCUT2D eigenvalue weighted by Crippen LogP contribution is 2.38. The number of benzene rings is 6. The zero-order chi connectivity index (χ0) is 25.2. The monoisotopic (exact) mass is 485 g/mol. The Kier molecular flexibility index (Phi) is 4.44. The van der Waals surface area contributed by atoms with Crippen LogP contribution < -0.4 is 0 Å². The van der Waals surface area contributed by atoms with E-state index in [-0.39, 0.29) is 0 Å². The third-order valence-corrected chi connectivity index (χ3v) is 7.68. The molecule has 0 N–H and O–H groups in total. The summed E-state index contributed by atoms with van der Waals surface area (Å²) in [6.45, 7) is 2.15. The quantitative estimate of drug-likeness (QED) is 0.229. The lowest BCUT2D eigenvalue weighted by molar-refractivity contribution is 1.17. The van der Waals surface area contributed by atoms with Gasteiger partial charge in [-0.1, -0.05) is 96.6 Å². The molecule has 0 atom stereocenters. The fraction of sp³-hybridized carbons (Fsp3) is 0.0286. The summed E-state index contributed by atoms with van der Waals surface area (Å²) in [5.74, 6) is 0. The summed E-state index contributed by atoms with van der Waals surface area (Å²) in [4.78, 5) is 10.3. The summed E-state index contributed by atoms with van der Waals surface area (Å²) in [7, 11) is 0. The van der Waals surface area contributed by atoms with Crippen LogP contribution in [0.3, 0.4) is 0 Å². The Morgan fingerprint density at radius 1 is 0.526 bits per heavy atom. The van der Waals surface area contributed by atoms with Gasteiger partial charge in [-0.2, -0.15) is 0 Å². The first-order valence-electron chi connectivity index (χ1n) is 12.9. The minimum Gasteiger partial charge on any atom is -0.309 e. The predicted molar refractivity (Wildman–Crippen MR) is 159 cm³/mol. The van der Waals surface area contributed by atoms with E-state index in [0.29, 0.717) is 0 Å². The van der Waals surface area contributed by atoms with Crippen LogP contribution in [-0.4, -0.2) is 14.5 Å². The van der Waals surface area contributed by atoms with E-state index in [4.69, 9.17) is 9.97 Å². The molecule has 3 heteroatoms. The summed E-state index contributed by atoms with van der Waals surface area (Å²) in [5.41, 5.74) is 8.53. The molecule has 178 valence electrons. The highest BCUT2D eigenvalue weighted by molar-refractivity contribution is 6.23. The van der Waals surface area contributed by atoms with Crippen molar-refractivity contribution in [3.8, 4) is 16.9 Å². The van der Waals surface area contributed by atoms with Crippen LogP contribution in [0.25, 0.3) is 71.3 Å². The average Bonchev–Trinajstić information content (AvgIpc) is 3.30. The molecule has 0 amide bonds. The highest BCUT2D eigenvalue weighted by Gasteiger charge is 2.17. The molecular formula is C35H23N3. The first-order valence-corrected chi connectivity index (χ1v) is 12.9. The number of aromatic nitrogens is 3. The summed E-state index contributed by atoms with van der Waals surface area (Å²) < 4.78 is 2.36. The van der Waals surface area contributed by atoms with Crippen LogP contribution in [0, 0.1) is 6.92 Å². The topological polar surface area (TPSA) is 30.7 Å². The molecule has 2 aromatic heterocycles. The van der Waals surface area contributed by atoms with Crippen molar-refractivity contribution >= 4 is 54.4 Å². The molecule has 0 radical (unpaired) electrons. The van der Waals surface area contributed by atoms with E-state index in [1.54, 1.807) is 0 Å². The maximum Gasteiger partial charge on any atom is 0.0979 e. The molecule has 0 aliphatic heterocycles. The maximum atomic E-state index is 5.29. The van der Waals surface area contributed by atoms with Gasteiger partial charge in [0.15, 0.2) is 0 Å². The van der Waals surface area contributed by atoms with E-state index in [2.05, 4.69) is 127 Å². The van der Waals surface area contributed by atoms with Crippen molar-refractivity contribution in [3.05, 3.63) is 127 Å². The minimum atomic E-state index is 0.867. The second-order valence-corrected chi connectivity index (χ2v) is 9.93. The molecular weight excluding hydrogens is 462 g/mol. The van der Waals surface area contributed by atoms with Gasteiger partial charge in [-0.15, -0.1) is 0 Å². The summed E-state index contributed by atoms with van der Waals surface area (Å²) >= 11 is 0. The summed E-state index contributed by atoms with van der Waals surface area (Å²) in [6.07, 6.45) is 1.93. The fourth-order valence-corrected chi connectivity index (χ4v) is 5.98. The smallest absolute Gasteiger partial charge is 0.0979 e. The van der Waals surface area contributed by atoms with Crippen molar-refractivity contribution in [2.24, 2.45) is 0 Å². The molecule has 0 spiro atoms. The fourth-order valence-electron chi connectivity index (χ4n) is 5.98. The van der Waals surface area contributed by atoms with Crippen LogP contribution in [0.15, 0.2) is 121 Å². The molecule has 0 saturated heterocycles. The van der Waals surface area contributed by atoms with Crippen LogP contribution in [-0.2, 0) is 0 Å². The first kappa shape index (κ1) is 21.1. The SMILES string of the molecule is Cc1ccc2c(c1)c1ccccc1n2-c1ccccc1-c1cnc2c3ccccc3c3ccccc3c2n1. The molecule has 2 heterocycles. The van der Waals surface area contributed by atoms with Gasteiger partial charge in [0.1, 0.15) is 0 Å². The highest BCUT2D eigenvalue weighted by atomic mass is 15.0. The largest absolute Gasteiger partial charge is 0.309 e. The number of rotatable bonds is 2. The Labute approximate surface area is 219 Å². The van der Waals surface area contributed by atoms with E-state index in [1.807, 2.05) is 6.20 Å². The number of fused-ring (bicyclic) bond motifs is 9. The molecule has 0 aliphatic rings. The number of aryl methyl sites for hydroxylation is 1. The Hall–Kier alpha value is -5.02. The summed E-state index contributed by atoms with van der Waals surface area (Å²) in [5, 5.41) is 7.18. The van der Waals surface area contributed by atoms with Crippen molar-refractivity contribution in [3.63, 3.8) is 0 Å². The van der Waals surface area contributed by atoms with Gasteiger partial charge >= 0.3 is 0 Å². The number of nitrogens with zero attached hydrogens (tertiary/aromatic N) is 3. The second kappa shape index (κ2) is 7.99. The van der Waals surface area contributed by atoms with Crippen LogP contribution in [0.4, 0.5) is 0 Å². The maximum absolute atomic E-state index is 5.29. The predicted octanol–water partition coefficient (Wildman–Crippen LogP) is 9.01. The van der Waals surface area contributed by atoms with Crippen LogP contribution >= 0.6 is 0 Å². The summed E-state index contributed by atoms with van der Waals surface area (Å²) in [6, 6.07) is 40.9. The van der Waals surface area contributed by atoms with Crippen molar-refractivity contribution in [1.29, 1.82) is 0 Å². The Balaban J connectivity index is 1.45. The standard InChI is InChI=1S/C35H23N3/c1-22-18-19-33-29(20-22)25-12-6-8-16-31(25)38(33)32-17-9-7-15-28(32)30-21-36-34-26-13-4-2-10-23(26)24-11-3-5-14-27(24)35(34)37-30/h2-21H,1H3. The first-order chi connectivity index (χ1) is 18.8. The van der Waals surface area contributed by atoms with Crippen LogP contribution in [0.2, 0.25) is 0 Å². The van der Waals surface area contributed by atoms with Crippen LogP contribution in [0.5, 0.6) is 0 Å². The van der Waals surface area contributed by atoms with Crippen molar-refractivity contribution in [1.82, 2.24) is 14.5 Å². The van der Waals surface area contributed by atoms with Gasteiger partial charge < -0.3 is 4.57 Å². The Morgan fingerprint density at radius 2 is 1.13 bits per heavy atom. The second-order valence-electron chi connectivity index (χ2n) is 9.93. The molecule has 0 saturated carbocycles. The van der Waals surface area contributed by atoms with Gasteiger partial charge in [0.25, 0.3) is 0 Å². The molecule has 8 rings (SSSR count). The third kappa shape index (κ3) is 2.96.